The number of thiazole rings is 1. The summed E-state index contributed by atoms with van der Waals surface area (Å²) in [5.74, 6) is -0.786. The molecule has 0 aliphatic carbocycles. The molecule has 2 aromatic carbocycles. The van der Waals surface area contributed by atoms with Crippen LogP contribution < -0.4 is 14.9 Å². The van der Waals surface area contributed by atoms with Gasteiger partial charge in [-0.25, -0.2) is 9.79 Å². The third kappa shape index (κ3) is 3.87. The number of allylic oxidation sites excluding steroid dienone is 1. The second-order valence-electron chi connectivity index (χ2n) is 7.80. The number of ether oxygens (including phenoxy) is 1. The van der Waals surface area contributed by atoms with Crippen LogP contribution in [0.25, 0.3) is 16.8 Å². The molecule has 1 atom stereocenters. The Morgan fingerprint density at radius 1 is 1.23 bits per heavy atom. The van der Waals surface area contributed by atoms with E-state index in [1.165, 1.54) is 22.8 Å². The van der Waals surface area contributed by atoms with Crippen molar-refractivity contribution in [2.24, 2.45) is 4.99 Å². The smallest absolute Gasteiger partial charge is 0.433 e. The average molecular weight is 490 g/mol. The van der Waals surface area contributed by atoms with Crippen molar-refractivity contribution in [3.8, 4) is 0 Å². The van der Waals surface area contributed by atoms with Gasteiger partial charge in [0.15, 0.2) is 4.80 Å². The molecule has 5 rings (SSSR count). The molecule has 0 saturated carbocycles. The van der Waals surface area contributed by atoms with Crippen molar-refractivity contribution in [3.05, 3.63) is 107 Å². The summed E-state index contributed by atoms with van der Waals surface area (Å²) >= 11 is 1.12. The molecule has 10 heteroatoms. The number of carbonyl (C=O) groups is 1. The first kappa shape index (κ1) is 22.5. The van der Waals surface area contributed by atoms with Crippen LogP contribution in [0.3, 0.4) is 0 Å². The van der Waals surface area contributed by atoms with Crippen LogP contribution in [-0.2, 0) is 9.53 Å². The molecule has 1 aliphatic heterocycles. The first-order chi connectivity index (χ1) is 16.9. The highest BCUT2D eigenvalue weighted by Gasteiger charge is 2.34. The highest BCUT2D eigenvalue weighted by atomic mass is 32.1. The topological polar surface area (TPSA) is 117 Å². The molecular weight excluding hydrogens is 470 g/mol. The van der Waals surface area contributed by atoms with Crippen molar-refractivity contribution in [1.82, 2.24) is 4.57 Å². The number of nitrogens with zero attached hydrogens (tertiary/aromatic N) is 3. The second kappa shape index (κ2) is 8.80. The largest absolute Gasteiger partial charge is 0.463 e. The zero-order chi connectivity index (χ0) is 24.7. The van der Waals surface area contributed by atoms with Gasteiger partial charge in [0.25, 0.3) is 5.56 Å². The van der Waals surface area contributed by atoms with Crippen molar-refractivity contribution in [2.45, 2.75) is 19.9 Å². The molecule has 0 fully saturated rings. The minimum absolute atomic E-state index is 0.171. The second-order valence-corrected chi connectivity index (χ2v) is 8.81. The van der Waals surface area contributed by atoms with Crippen LogP contribution in [0.5, 0.6) is 0 Å². The van der Waals surface area contributed by atoms with Crippen molar-refractivity contribution >= 4 is 40.0 Å². The summed E-state index contributed by atoms with van der Waals surface area (Å²) in [6, 6.07) is 15.4. The minimum atomic E-state index is -0.760. The molecule has 0 unspecified atom stereocenters. The number of carbonyl (C=O) groups excluding carboxylic acids is 1. The molecule has 0 bridgehead atoms. The molecule has 176 valence electrons. The fraction of sp³-hybridized carbons (Fsp3) is 0.160. The Bertz CT molecular complexity index is 1700. The fourth-order valence-electron chi connectivity index (χ4n) is 4.22. The third-order valence-electron chi connectivity index (χ3n) is 5.70. The summed E-state index contributed by atoms with van der Waals surface area (Å²) in [6.07, 6.45) is 1.44. The Balaban J connectivity index is 1.78. The van der Waals surface area contributed by atoms with E-state index in [1.807, 2.05) is 42.5 Å². The average Bonchev–Trinajstić information content (AvgIpc) is 3.43. The molecule has 9 nitrogen and oxygen atoms in total. The van der Waals surface area contributed by atoms with Crippen molar-refractivity contribution in [1.29, 1.82) is 0 Å². The highest BCUT2D eigenvalue weighted by molar-refractivity contribution is 7.07. The Kier molecular flexibility index (Phi) is 5.65. The first-order valence-corrected chi connectivity index (χ1v) is 11.6. The van der Waals surface area contributed by atoms with Crippen molar-refractivity contribution in [3.63, 3.8) is 0 Å². The summed E-state index contributed by atoms with van der Waals surface area (Å²) < 4.78 is 12.3. The Morgan fingerprint density at radius 3 is 2.74 bits per heavy atom. The monoisotopic (exact) mass is 489 g/mol. The van der Waals surface area contributed by atoms with Crippen LogP contribution in [-0.4, -0.2) is 22.1 Å². The molecule has 4 aromatic rings. The van der Waals surface area contributed by atoms with Gasteiger partial charge in [-0.2, -0.15) is 0 Å². The Hall–Kier alpha value is -4.31. The van der Waals surface area contributed by atoms with E-state index < -0.39 is 22.8 Å². The zero-order valence-corrected chi connectivity index (χ0v) is 19.6. The lowest BCUT2D eigenvalue weighted by molar-refractivity contribution is -0.402. The summed E-state index contributed by atoms with van der Waals surface area (Å²) in [6.45, 7) is 3.62. The maximum Gasteiger partial charge on any atom is 0.433 e. The van der Waals surface area contributed by atoms with Crippen molar-refractivity contribution < 1.29 is 18.9 Å². The van der Waals surface area contributed by atoms with Gasteiger partial charge in [-0.15, -0.1) is 0 Å². The first-order valence-electron chi connectivity index (χ1n) is 10.8. The Morgan fingerprint density at radius 2 is 2.00 bits per heavy atom. The number of benzene rings is 2. The van der Waals surface area contributed by atoms with Crippen LogP contribution >= 0.6 is 11.3 Å². The minimum Gasteiger partial charge on any atom is -0.463 e. The Labute approximate surface area is 202 Å². The number of fused-ring (bicyclic) bond motifs is 2. The zero-order valence-electron chi connectivity index (χ0n) is 18.8. The quantitative estimate of drug-likeness (QED) is 0.241. The van der Waals surface area contributed by atoms with Crippen LogP contribution in [0.2, 0.25) is 0 Å². The number of furan rings is 1. The van der Waals surface area contributed by atoms with Gasteiger partial charge in [0.1, 0.15) is 10.7 Å². The van der Waals surface area contributed by atoms with Gasteiger partial charge >= 0.3 is 11.9 Å². The summed E-state index contributed by atoms with van der Waals surface area (Å²) in [5.41, 5.74) is 1.13. The van der Waals surface area contributed by atoms with E-state index in [9.17, 15) is 19.7 Å². The van der Waals surface area contributed by atoms with Gasteiger partial charge in [-0.3, -0.25) is 19.5 Å². The summed E-state index contributed by atoms with van der Waals surface area (Å²) in [4.78, 5) is 42.0. The lowest BCUT2D eigenvalue weighted by Crippen LogP contribution is -2.40. The highest BCUT2D eigenvalue weighted by Crippen LogP contribution is 2.34. The third-order valence-corrected chi connectivity index (χ3v) is 6.68. The molecule has 0 saturated heterocycles. The van der Waals surface area contributed by atoms with E-state index in [1.54, 1.807) is 13.8 Å². The van der Waals surface area contributed by atoms with Crippen LogP contribution in [0, 0.1) is 10.1 Å². The van der Waals surface area contributed by atoms with Crippen LogP contribution in [0.15, 0.2) is 80.1 Å². The summed E-state index contributed by atoms with van der Waals surface area (Å²) in [7, 11) is 0. The lowest BCUT2D eigenvalue weighted by Gasteiger charge is -2.25. The van der Waals surface area contributed by atoms with Gasteiger partial charge < -0.3 is 9.15 Å². The van der Waals surface area contributed by atoms with Gasteiger partial charge in [-0.05, 0) is 36.2 Å². The number of aromatic nitrogens is 1. The molecule has 35 heavy (non-hydrogen) atoms. The lowest BCUT2D eigenvalue weighted by atomic mass is 9.91. The molecule has 0 spiro atoms. The fourth-order valence-corrected chi connectivity index (χ4v) is 5.25. The molecule has 0 radical (unpaired) electrons. The van der Waals surface area contributed by atoms with Gasteiger partial charge in [0.2, 0.25) is 0 Å². The molecular formula is C25H19N3O6S. The van der Waals surface area contributed by atoms with E-state index >= 15 is 0 Å². The van der Waals surface area contributed by atoms with Crippen molar-refractivity contribution in [2.75, 3.05) is 6.61 Å². The number of esters is 1. The number of rotatable bonds is 5. The van der Waals surface area contributed by atoms with Gasteiger partial charge in [0.05, 0.1) is 34.5 Å². The van der Waals surface area contributed by atoms with E-state index in [-0.39, 0.29) is 28.0 Å². The predicted octanol–water partition coefficient (Wildman–Crippen LogP) is 3.45. The standard InChI is InChI=1S/C25H19N3O6S/c1-3-33-24(30)21-14(2)26-25-27(22(21)18-10-6-8-15-7-4-5-9-17(15)18)23(29)19(35-25)13-16-11-12-20(34-16)28(31)32/h4-13,22H,3H2,1-2H3/b19-13+/t22-/m0/s1. The van der Waals surface area contributed by atoms with Crippen LogP contribution in [0.1, 0.15) is 31.2 Å². The van der Waals surface area contributed by atoms with E-state index in [2.05, 4.69) is 4.99 Å². The maximum atomic E-state index is 13.6. The normalized spacial score (nSPS) is 15.7. The summed E-state index contributed by atoms with van der Waals surface area (Å²) in [5, 5.41) is 12.8. The molecule has 1 aliphatic rings. The molecule has 2 aromatic heterocycles. The number of hydrogen-bond donors (Lipinski definition) is 0. The number of nitro groups is 1. The molecule has 0 N–H and O–H groups in total. The SMILES string of the molecule is CCOC(=O)C1=C(C)N=c2s/c(=C/c3ccc([N+](=O)[O-])o3)c(=O)n2[C@H]1c1cccc2ccccc12. The van der Waals surface area contributed by atoms with Crippen LogP contribution in [0.4, 0.5) is 5.88 Å². The number of hydrogen-bond acceptors (Lipinski definition) is 8. The maximum absolute atomic E-state index is 13.6. The van der Waals surface area contributed by atoms with E-state index in [0.29, 0.717) is 10.5 Å². The van der Waals surface area contributed by atoms with E-state index in [0.717, 1.165) is 27.7 Å². The van der Waals surface area contributed by atoms with E-state index in [4.69, 9.17) is 9.15 Å². The molecule has 3 heterocycles. The molecule has 0 amide bonds. The predicted molar refractivity (Wildman–Crippen MR) is 130 cm³/mol. The van der Waals surface area contributed by atoms with Gasteiger partial charge in [-0.1, -0.05) is 53.8 Å². The van der Waals surface area contributed by atoms with Gasteiger partial charge in [0, 0.05) is 6.08 Å².